The summed E-state index contributed by atoms with van der Waals surface area (Å²) in [7, 11) is 0. The van der Waals surface area contributed by atoms with E-state index in [0.29, 0.717) is 69.4 Å². The minimum absolute atomic E-state index is 0.0778. The van der Waals surface area contributed by atoms with Crippen LogP contribution in [0.2, 0.25) is 0 Å². The number of carbonyl (C=O) groups is 2. The Labute approximate surface area is 215 Å². The zero-order chi connectivity index (χ0) is 26.2. The van der Waals surface area contributed by atoms with E-state index in [1.165, 1.54) is 6.07 Å². The van der Waals surface area contributed by atoms with Gasteiger partial charge in [-0.15, -0.1) is 0 Å². The summed E-state index contributed by atoms with van der Waals surface area (Å²) in [5, 5.41) is 11.6. The van der Waals surface area contributed by atoms with Crippen molar-refractivity contribution in [3.8, 4) is 5.69 Å². The maximum atomic E-state index is 12.5. The largest absolute Gasteiger partial charge is 0.449 e. The maximum Gasteiger partial charge on any atom is 0.411 e. The van der Waals surface area contributed by atoms with Crippen molar-refractivity contribution in [1.82, 2.24) is 24.5 Å². The molecule has 0 saturated carbocycles. The third-order valence-electron chi connectivity index (χ3n) is 5.78. The number of hydrogen-bond donors (Lipinski definition) is 1. The van der Waals surface area contributed by atoms with Crippen molar-refractivity contribution >= 4 is 17.7 Å². The molecule has 4 rings (SSSR count). The van der Waals surface area contributed by atoms with Crippen LogP contribution in [0.1, 0.15) is 31.5 Å². The fourth-order valence-electron chi connectivity index (χ4n) is 3.84. The molecule has 37 heavy (non-hydrogen) atoms. The van der Waals surface area contributed by atoms with Crippen molar-refractivity contribution in [3.05, 3.63) is 70.4 Å². The Morgan fingerprint density at radius 1 is 1.19 bits per heavy atom. The highest BCUT2D eigenvalue weighted by Gasteiger charge is 2.17. The molecule has 1 fully saturated rings. The van der Waals surface area contributed by atoms with E-state index in [2.05, 4.69) is 15.5 Å². The van der Waals surface area contributed by atoms with Gasteiger partial charge in [0.25, 0.3) is 0 Å². The van der Waals surface area contributed by atoms with E-state index >= 15 is 0 Å². The topological polar surface area (TPSA) is 121 Å². The molecule has 0 spiro atoms. The smallest absolute Gasteiger partial charge is 0.411 e. The second-order valence-corrected chi connectivity index (χ2v) is 9.27. The SMILES string of the molecule is CC(C)COC(=O)Nc1cccc(Cc2nn(-c3cnn(CCC(=O)N4CCOCC4)c3)ccc2=O)c1. The highest BCUT2D eigenvalue weighted by atomic mass is 16.5. The number of anilines is 1. The van der Waals surface area contributed by atoms with Crippen LogP contribution in [-0.4, -0.2) is 69.4 Å². The van der Waals surface area contributed by atoms with Gasteiger partial charge in [0.15, 0.2) is 0 Å². The van der Waals surface area contributed by atoms with Crippen LogP contribution in [0.15, 0.2) is 53.7 Å². The van der Waals surface area contributed by atoms with Crippen LogP contribution in [-0.2, 0) is 27.2 Å². The summed E-state index contributed by atoms with van der Waals surface area (Å²) >= 11 is 0. The molecule has 0 bridgehead atoms. The average Bonchev–Trinajstić information content (AvgIpc) is 3.37. The number of carbonyl (C=O) groups excluding carboxylic acids is 2. The molecule has 11 nitrogen and oxygen atoms in total. The molecule has 2 aromatic heterocycles. The molecule has 0 atom stereocenters. The van der Waals surface area contributed by atoms with E-state index < -0.39 is 6.09 Å². The van der Waals surface area contributed by atoms with Crippen LogP contribution < -0.4 is 10.7 Å². The van der Waals surface area contributed by atoms with E-state index in [4.69, 9.17) is 9.47 Å². The summed E-state index contributed by atoms with van der Waals surface area (Å²) in [6.07, 6.45) is 5.15. The first-order chi connectivity index (χ1) is 17.9. The van der Waals surface area contributed by atoms with E-state index in [0.717, 1.165) is 5.56 Å². The van der Waals surface area contributed by atoms with Crippen molar-refractivity contribution in [2.45, 2.75) is 33.2 Å². The number of nitrogens with zero attached hydrogens (tertiary/aromatic N) is 5. The van der Waals surface area contributed by atoms with Gasteiger partial charge in [-0.2, -0.15) is 10.2 Å². The number of hydrogen-bond acceptors (Lipinski definition) is 7. The van der Waals surface area contributed by atoms with Crippen molar-refractivity contribution in [1.29, 1.82) is 0 Å². The molecule has 0 unspecified atom stereocenters. The second-order valence-electron chi connectivity index (χ2n) is 9.27. The summed E-state index contributed by atoms with van der Waals surface area (Å²) in [5.74, 6) is 0.321. The van der Waals surface area contributed by atoms with Gasteiger partial charge in [0.05, 0.1) is 32.2 Å². The molecule has 1 N–H and O–H groups in total. The second kappa shape index (κ2) is 12.3. The van der Waals surface area contributed by atoms with Gasteiger partial charge in [0.2, 0.25) is 11.3 Å². The number of ether oxygens (including phenoxy) is 2. The fourth-order valence-corrected chi connectivity index (χ4v) is 3.84. The number of benzene rings is 1. The predicted octanol–water partition coefficient (Wildman–Crippen LogP) is 2.47. The van der Waals surface area contributed by atoms with Gasteiger partial charge >= 0.3 is 6.09 Å². The van der Waals surface area contributed by atoms with Crippen molar-refractivity contribution in [2.75, 3.05) is 38.2 Å². The Balaban J connectivity index is 1.39. The highest BCUT2D eigenvalue weighted by Crippen LogP contribution is 2.14. The van der Waals surface area contributed by atoms with Crippen molar-refractivity contribution < 1.29 is 19.1 Å². The molecule has 0 aliphatic carbocycles. The van der Waals surface area contributed by atoms with Crippen LogP contribution in [0, 0.1) is 5.92 Å². The van der Waals surface area contributed by atoms with E-state index in [1.54, 1.807) is 46.2 Å². The minimum Gasteiger partial charge on any atom is -0.449 e. The Bertz CT molecular complexity index is 1280. The summed E-state index contributed by atoms with van der Waals surface area (Å²) in [4.78, 5) is 38.7. The van der Waals surface area contributed by atoms with Crippen molar-refractivity contribution in [3.63, 3.8) is 0 Å². The lowest BCUT2D eigenvalue weighted by molar-refractivity contribution is -0.135. The van der Waals surface area contributed by atoms with Crippen LogP contribution in [0.5, 0.6) is 0 Å². The van der Waals surface area contributed by atoms with Gasteiger partial charge in [-0.1, -0.05) is 26.0 Å². The number of aryl methyl sites for hydroxylation is 1. The molecule has 1 saturated heterocycles. The van der Waals surface area contributed by atoms with Gasteiger partial charge in [0.1, 0.15) is 11.4 Å². The van der Waals surface area contributed by atoms with Crippen LogP contribution in [0.25, 0.3) is 5.69 Å². The summed E-state index contributed by atoms with van der Waals surface area (Å²) in [6, 6.07) is 8.68. The first kappa shape index (κ1) is 26.1. The molecule has 1 aromatic carbocycles. The maximum absolute atomic E-state index is 12.5. The first-order valence-corrected chi connectivity index (χ1v) is 12.4. The average molecular weight is 509 g/mol. The zero-order valence-electron chi connectivity index (χ0n) is 21.1. The third-order valence-corrected chi connectivity index (χ3v) is 5.78. The Kier molecular flexibility index (Phi) is 8.68. The molecule has 11 heteroatoms. The van der Waals surface area contributed by atoms with Gasteiger partial charge in [-0.3, -0.25) is 19.6 Å². The zero-order valence-corrected chi connectivity index (χ0v) is 21.1. The van der Waals surface area contributed by atoms with Gasteiger partial charge in [-0.25, -0.2) is 9.48 Å². The first-order valence-electron chi connectivity index (χ1n) is 12.4. The normalized spacial score (nSPS) is 13.5. The number of rotatable bonds is 9. The number of nitrogens with one attached hydrogen (secondary N) is 1. The van der Waals surface area contributed by atoms with Gasteiger partial charge in [0, 0.05) is 50.4 Å². The minimum atomic E-state index is -0.519. The Morgan fingerprint density at radius 3 is 2.78 bits per heavy atom. The molecule has 3 aromatic rings. The van der Waals surface area contributed by atoms with Crippen LogP contribution >= 0.6 is 0 Å². The standard InChI is InChI=1S/C26H32N6O5/c1-19(2)18-37-26(35)28-21-5-3-4-20(14-21)15-23-24(33)6-9-32(29-23)22-16-27-31(17-22)8-7-25(34)30-10-12-36-13-11-30/h3-6,9,14,16-17,19H,7-8,10-13,15,18H2,1-2H3,(H,28,35). The number of amides is 2. The van der Waals surface area contributed by atoms with Crippen LogP contribution in [0.4, 0.5) is 10.5 Å². The molecule has 196 valence electrons. The van der Waals surface area contributed by atoms with Gasteiger partial charge < -0.3 is 14.4 Å². The van der Waals surface area contributed by atoms with E-state index in [1.807, 2.05) is 24.8 Å². The lowest BCUT2D eigenvalue weighted by Crippen LogP contribution is -2.40. The fraction of sp³-hybridized carbons (Fsp3) is 0.423. The van der Waals surface area contributed by atoms with E-state index in [-0.39, 0.29) is 17.3 Å². The molecule has 0 radical (unpaired) electrons. The molecular weight excluding hydrogens is 476 g/mol. The quantitative estimate of drug-likeness (QED) is 0.471. The summed E-state index contributed by atoms with van der Waals surface area (Å²) < 4.78 is 13.7. The number of morpholine rings is 1. The monoisotopic (exact) mass is 508 g/mol. The van der Waals surface area contributed by atoms with E-state index in [9.17, 15) is 14.4 Å². The summed E-state index contributed by atoms with van der Waals surface area (Å²) in [6.45, 7) is 7.09. The van der Waals surface area contributed by atoms with Gasteiger partial charge in [-0.05, 0) is 23.6 Å². The molecule has 3 heterocycles. The Hall–Kier alpha value is -3.99. The molecule has 1 aliphatic heterocycles. The molecular formula is C26H32N6O5. The predicted molar refractivity (Wildman–Crippen MR) is 137 cm³/mol. The van der Waals surface area contributed by atoms with Crippen LogP contribution in [0.3, 0.4) is 0 Å². The molecule has 1 aliphatic rings. The lowest BCUT2D eigenvalue weighted by Gasteiger charge is -2.26. The lowest BCUT2D eigenvalue weighted by atomic mass is 10.1. The Morgan fingerprint density at radius 2 is 2.00 bits per heavy atom. The third kappa shape index (κ3) is 7.50. The van der Waals surface area contributed by atoms with Crippen molar-refractivity contribution in [2.24, 2.45) is 5.92 Å². The highest BCUT2D eigenvalue weighted by molar-refractivity contribution is 5.84. The summed E-state index contributed by atoms with van der Waals surface area (Å²) in [5.41, 5.74) is 2.26. The molecule has 2 amide bonds. The number of aromatic nitrogens is 4.